The average molecular weight is 199 g/mol. The topological polar surface area (TPSA) is 110 Å². The first-order chi connectivity index (χ1) is 6.54. The van der Waals surface area contributed by atoms with Crippen LogP contribution in [-0.4, -0.2) is 26.4 Å². The maximum absolute atomic E-state index is 10.7. The molecule has 1 aromatic rings. The molecule has 0 fully saturated rings. The van der Waals surface area contributed by atoms with Gasteiger partial charge in [0.15, 0.2) is 11.5 Å². The molecule has 0 aliphatic carbocycles. The van der Waals surface area contributed by atoms with Crippen molar-refractivity contribution in [2.24, 2.45) is 0 Å². The van der Waals surface area contributed by atoms with E-state index in [1.165, 1.54) is 5.48 Å². The first-order valence-electron chi connectivity index (χ1n) is 3.71. The molecule has 1 amide bonds. The Morgan fingerprint density at radius 3 is 2.50 bits per heavy atom. The number of rotatable bonds is 2. The number of hydrogen-bond donors (Lipinski definition) is 5. The second-order valence-electron chi connectivity index (χ2n) is 2.68. The molecule has 0 saturated heterocycles. The highest BCUT2D eigenvalue weighted by molar-refractivity contribution is 5.78. The van der Waals surface area contributed by atoms with E-state index in [0.717, 1.165) is 12.1 Å². The Labute approximate surface area is 79.0 Å². The summed E-state index contributed by atoms with van der Waals surface area (Å²) in [5, 5.41) is 35.6. The molecule has 0 atom stereocenters. The first kappa shape index (κ1) is 10.1. The molecule has 0 saturated carbocycles. The Morgan fingerprint density at radius 1 is 1.29 bits per heavy atom. The van der Waals surface area contributed by atoms with Gasteiger partial charge in [0.2, 0.25) is 5.91 Å². The van der Waals surface area contributed by atoms with Gasteiger partial charge in [0.25, 0.3) is 0 Å². The molecule has 0 unspecified atom stereocenters. The van der Waals surface area contributed by atoms with E-state index in [-0.39, 0.29) is 17.7 Å². The van der Waals surface area contributed by atoms with Crippen LogP contribution in [0, 0.1) is 0 Å². The summed E-state index contributed by atoms with van der Waals surface area (Å²) in [6.45, 7) is 0. The summed E-state index contributed by atoms with van der Waals surface area (Å²) in [5.41, 5.74) is 1.39. The predicted octanol–water partition coefficient (Wildman–Crippen LogP) is -0.149. The lowest BCUT2D eigenvalue weighted by molar-refractivity contribution is -0.128. The molecule has 5 N–H and O–H groups in total. The molecule has 0 aromatic heterocycles. The minimum atomic E-state index is -0.759. The predicted molar refractivity (Wildman–Crippen MR) is 45.1 cm³/mol. The molecule has 0 spiro atoms. The van der Waals surface area contributed by atoms with E-state index in [0.29, 0.717) is 0 Å². The van der Waals surface area contributed by atoms with Crippen molar-refractivity contribution in [1.82, 2.24) is 5.48 Å². The molecule has 0 aliphatic heterocycles. The highest BCUT2D eigenvalue weighted by Gasteiger charge is 2.12. The molecule has 0 bridgehead atoms. The molecule has 14 heavy (non-hydrogen) atoms. The van der Waals surface area contributed by atoms with E-state index in [9.17, 15) is 9.90 Å². The lowest BCUT2D eigenvalue weighted by atomic mass is 10.1. The van der Waals surface area contributed by atoms with Crippen molar-refractivity contribution < 1.29 is 25.3 Å². The van der Waals surface area contributed by atoms with Crippen LogP contribution in [0.1, 0.15) is 5.56 Å². The highest BCUT2D eigenvalue weighted by atomic mass is 16.5. The van der Waals surface area contributed by atoms with Gasteiger partial charge < -0.3 is 15.3 Å². The SMILES string of the molecule is O=C(Cc1cc(O)cc(O)c1O)NO. The van der Waals surface area contributed by atoms with Crippen LogP contribution in [0.3, 0.4) is 0 Å². The minimum absolute atomic E-state index is 0.0223. The summed E-state index contributed by atoms with van der Waals surface area (Å²) < 4.78 is 0. The smallest absolute Gasteiger partial charge is 0.247 e. The maximum Gasteiger partial charge on any atom is 0.247 e. The van der Waals surface area contributed by atoms with Crippen molar-refractivity contribution in [1.29, 1.82) is 0 Å². The molecule has 6 heteroatoms. The molecule has 0 radical (unpaired) electrons. The molecule has 0 aliphatic rings. The summed E-state index contributed by atoms with van der Waals surface area (Å²) in [6, 6.07) is 2.06. The number of phenols is 3. The molecular formula is C8H9NO5. The number of nitrogens with one attached hydrogen (secondary N) is 1. The summed E-state index contributed by atoms with van der Waals surface area (Å²) in [7, 11) is 0. The Balaban J connectivity index is 3.02. The third-order valence-electron chi connectivity index (χ3n) is 1.63. The summed E-state index contributed by atoms with van der Waals surface area (Å²) >= 11 is 0. The number of carbonyl (C=O) groups excluding carboxylic acids is 1. The molecule has 6 nitrogen and oxygen atoms in total. The van der Waals surface area contributed by atoms with Crippen LogP contribution in [0.5, 0.6) is 17.2 Å². The van der Waals surface area contributed by atoms with E-state index in [1.807, 2.05) is 0 Å². The largest absolute Gasteiger partial charge is 0.508 e. The van der Waals surface area contributed by atoms with Gasteiger partial charge in [-0.05, 0) is 6.07 Å². The molecule has 0 heterocycles. The van der Waals surface area contributed by atoms with Crippen molar-refractivity contribution in [3.05, 3.63) is 17.7 Å². The molecule has 1 rings (SSSR count). The zero-order valence-electron chi connectivity index (χ0n) is 7.06. The summed E-state index contributed by atoms with van der Waals surface area (Å²) in [5.74, 6) is -2.05. The van der Waals surface area contributed by atoms with Gasteiger partial charge in [0.1, 0.15) is 5.75 Å². The molecule has 76 valence electrons. The number of benzene rings is 1. The second kappa shape index (κ2) is 3.84. The standard InChI is InChI=1S/C8H9NO5/c10-5-1-4(2-7(12)9-14)8(13)6(11)3-5/h1,3,10-11,13-14H,2H2,(H,9,12). The molecular weight excluding hydrogens is 190 g/mol. The van der Waals surface area contributed by atoms with E-state index >= 15 is 0 Å². The van der Waals surface area contributed by atoms with Crippen molar-refractivity contribution in [3.8, 4) is 17.2 Å². The van der Waals surface area contributed by atoms with Gasteiger partial charge in [-0.2, -0.15) is 0 Å². The fourth-order valence-corrected chi connectivity index (χ4v) is 1.01. The Hall–Kier alpha value is -1.95. The lowest BCUT2D eigenvalue weighted by Gasteiger charge is -2.05. The fourth-order valence-electron chi connectivity index (χ4n) is 1.01. The fraction of sp³-hybridized carbons (Fsp3) is 0.125. The normalized spacial score (nSPS) is 9.79. The van der Waals surface area contributed by atoms with Gasteiger partial charge in [-0.1, -0.05) is 0 Å². The lowest BCUT2D eigenvalue weighted by Crippen LogP contribution is -2.20. The summed E-state index contributed by atoms with van der Waals surface area (Å²) in [6.07, 6.45) is -0.343. The van der Waals surface area contributed by atoms with Gasteiger partial charge in [-0.3, -0.25) is 10.0 Å². The van der Waals surface area contributed by atoms with Gasteiger partial charge in [0, 0.05) is 11.6 Å². The number of carbonyl (C=O) groups is 1. The van der Waals surface area contributed by atoms with Crippen molar-refractivity contribution >= 4 is 5.91 Å². The van der Waals surface area contributed by atoms with Crippen LogP contribution in [0.25, 0.3) is 0 Å². The number of aromatic hydroxyl groups is 3. The van der Waals surface area contributed by atoms with Crippen LogP contribution >= 0.6 is 0 Å². The van der Waals surface area contributed by atoms with Crippen molar-refractivity contribution in [2.75, 3.05) is 0 Å². The first-order valence-corrected chi connectivity index (χ1v) is 3.71. The van der Waals surface area contributed by atoms with Gasteiger partial charge in [-0.15, -0.1) is 0 Å². The molecule has 1 aromatic carbocycles. The van der Waals surface area contributed by atoms with Crippen LogP contribution in [0.15, 0.2) is 12.1 Å². The monoisotopic (exact) mass is 199 g/mol. The Morgan fingerprint density at radius 2 is 1.93 bits per heavy atom. The average Bonchev–Trinajstić information content (AvgIpc) is 2.13. The highest BCUT2D eigenvalue weighted by Crippen LogP contribution is 2.33. The van der Waals surface area contributed by atoms with Crippen molar-refractivity contribution in [2.45, 2.75) is 6.42 Å². The van der Waals surface area contributed by atoms with Crippen molar-refractivity contribution in [3.63, 3.8) is 0 Å². The van der Waals surface area contributed by atoms with Gasteiger partial charge in [-0.25, -0.2) is 5.48 Å². The zero-order valence-corrected chi connectivity index (χ0v) is 7.06. The van der Waals surface area contributed by atoms with E-state index in [4.69, 9.17) is 15.4 Å². The number of hydroxylamine groups is 1. The third kappa shape index (κ3) is 2.05. The van der Waals surface area contributed by atoms with E-state index < -0.39 is 17.4 Å². The van der Waals surface area contributed by atoms with E-state index in [2.05, 4.69) is 0 Å². The third-order valence-corrected chi connectivity index (χ3v) is 1.63. The summed E-state index contributed by atoms with van der Waals surface area (Å²) in [4.78, 5) is 10.7. The minimum Gasteiger partial charge on any atom is -0.508 e. The van der Waals surface area contributed by atoms with Gasteiger partial charge >= 0.3 is 0 Å². The van der Waals surface area contributed by atoms with Crippen LogP contribution in [0.4, 0.5) is 0 Å². The number of amides is 1. The number of hydrogen-bond acceptors (Lipinski definition) is 5. The van der Waals surface area contributed by atoms with Gasteiger partial charge in [0.05, 0.1) is 6.42 Å². The van der Waals surface area contributed by atoms with E-state index in [1.54, 1.807) is 0 Å². The quantitative estimate of drug-likeness (QED) is 0.197. The Bertz CT molecular complexity index is 363. The van der Waals surface area contributed by atoms with Crippen LogP contribution < -0.4 is 5.48 Å². The Kier molecular flexibility index (Phi) is 2.78. The maximum atomic E-state index is 10.7. The second-order valence-corrected chi connectivity index (χ2v) is 2.68. The van der Waals surface area contributed by atoms with Crippen LogP contribution in [-0.2, 0) is 11.2 Å². The number of phenolic OH excluding ortho intramolecular Hbond substituents is 3. The zero-order chi connectivity index (χ0) is 10.7. The van der Waals surface area contributed by atoms with Crippen LogP contribution in [0.2, 0.25) is 0 Å².